The molecule has 0 fully saturated rings. The third kappa shape index (κ3) is 4.08. The zero-order valence-electron chi connectivity index (χ0n) is 18.8. The average molecular weight is 430 g/mol. The Hall–Kier alpha value is -3.67. The van der Waals surface area contributed by atoms with Crippen molar-refractivity contribution in [2.75, 3.05) is 6.54 Å². The van der Waals surface area contributed by atoms with Gasteiger partial charge in [0.25, 0.3) is 11.5 Å². The maximum atomic E-state index is 13.6. The van der Waals surface area contributed by atoms with Crippen LogP contribution in [0.25, 0.3) is 16.6 Å². The molecule has 32 heavy (non-hydrogen) atoms. The number of furan rings is 1. The van der Waals surface area contributed by atoms with Crippen molar-refractivity contribution < 1.29 is 9.21 Å². The number of carbonyl (C=O) groups excluding carboxylic acids is 1. The van der Waals surface area contributed by atoms with Crippen molar-refractivity contribution in [1.29, 1.82) is 0 Å². The van der Waals surface area contributed by atoms with Crippen LogP contribution in [0.4, 0.5) is 0 Å². The van der Waals surface area contributed by atoms with Crippen molar-refractivity contribution in [2.24, 2.45) is 5.92 Å². The first-order valence-electron chi connectivity index (χ1n) is 10.8. The smallest absolute Gasteiger partial charge is 0.290 e. The first kappa shape index (κ1) is 21.6. The summed E-state index contributed by atoms with van der Waals surface area (Å²) in [5, 5.41) is 0.540. The second-order valence-electron chi connectivity index (χ2n) is 8.47. The molecule has 2 heterocycles. The Labute approximate surface area is 187 Å². The fourth-order valence-corrected chi connectivity index (χ4v) is 3.94. The quantitative estimate of drug-likeness (QED) is 0.425. The van der Waals surface area contributed by atoms with Gasteiger partial charge in [0.2, 0.25) is 0 Å². The van der Waals surface area contributed by atoms with Gasteiger partial charge in [-0.25, -0.2) is 4.98 Å². The van der Waals surface area contributed by atoms with Crippen LogP contribution < -0.4 is 5.56 Å². The second kappa shape index (κ2) is 8.83. The van der Waals surface area contributed by atoms with Gasteiger partial charge in [0.15, 0.2) is 5.76 Å². The molecule has 6 nitrogen and oxygen atoms in total. The Morgan fingerprint density at radius 1 is 1.06 bits per heavy atom. The molecule has 2 aromatic carbocycles. The minimum atomic E-state index is -0.465. The Bertz CT molecular complexity index is 1310. The third-order valence-electron chi connectivity index (χ3n) is 5.46. The van der Waals surface area contributed by atoms with E-state index in [0.29, 0.717) is 23.3 Å². The van der Waals surface area contributed by atoms with Crippen molar-refractivity contribution in [3.63, 3.8) is 0 Å². The Kier molecular flexibility index (Phi) is 5.95. The number of hydrogen-bond acceptors (Lipinski definition) is 4. The molecule has 4 rings (SSSR count). The molecule has 0 aliphatic heterocycles. The molecule has 1 unspecified atom stereocenters. The lowest BCUT2D eigenvalue weighted by Gasteiger charge is -2.31. The Morgan fingerprint density at radius 2 is 1.84 bits per heavy atom. The predicted molar refractivity (Wildman–Crippen MR) is 125 cm³/mol. The van der Waals surface area contributed by atoms with Gasteiger partial charge < -0.3 is 9.32 Å². The molecule has 0 spiro atoms. The number of amides is 1. The third-order valence-corrected chi connectivity index (χ3v) is 5.46. The van der Waals surface area contributed by atoms with Crippen molar-refractivity contribution in [3.8, 4) is 5.69 Å². The van der Waals surface area contributed by atoms with Crippen LogP contribution in [0.2, 0.25) is 0 Å². The average Bonchev–Trinajstić information content (AvgIpc) is 3.31. The number of nitrogens with zero attached hydrogens (tertiary/aromatic N) is 3. The summed E-state index contributed by atoms with van der Waals surface area (Å²) < 4.78 is 7.02. The number of fused-ring (bicyclic) bond motifs is 1. The van der Waals surface area contributed by atoms with Gasteiger partial charge in [-0.15, -0.1) is 0 Å². The molecule has 164 valence electrons. The monoisotopic (exact) mass is 429 g/mol. The largest absolute Gasteiger partial charge is 0.459 e. The molecular weight excluding hydrogens is 402 g/mol. The van der Waals surface area contributed by atoms with Gasteiger partial charge in [-0.3, -0.25) is 14.2 Å². The Balaban J connectivity index is 1.94. The molecular formula is C26H27N3O3. The summed E-state index contributed by atoms with van der Waals surface area (Å²) in [6.45, 7) is 8.49. The molecule has 2 aromatic heterocycles. The molecule has 6 heteroatoms. The number of aryl methyl sites for hydroxylation is 1. The zero-order chi connectivity index (χ0) is 22.8. The second-order valence-corrected chi connectivity index (χ2v) is 8.47. The summed E-state index contributed by atoms with van der Waals surface area (Å²) in [6.07, 6.45) is 1.49. The van der Waals surface area contributed by atoms with Crippen molar-refractivity contribution in [3.05, 3.63) is 94.4 Å². The molecule has 0 bridgehead atoms. The topological polar surface area (TPSA) is 68.3 Å². The predicted octanol–water partition coefficient (Wildman–Crippen LogP) is 5.15. The Morgan fingerprint density at radius 3 is 2.53 bits per heavy atom. The van der Waals surface area contributed by atoms with E-state index in [0.717, 1.165) is 11.3 Å². The van der Waals surface area contributed by atoms with Gasteiger partial charge >= 0.3 is 0 Å². The van der Waals surface area contributed by atoms with Gasteiger partial charge in [0, 0.05) is 6.54 Å². The molecule has 1 amide bonds. The first-order chi connectivity index (χ1) is 15.4. The van der Waals surface area contributed by atoms with Crippen LogP contribution in [0.5, 0.6) is 0 Å². The molecule has 0 N–H and O–H groups in total. The lowest BCUT2D eigenvalue weighted by atomic mass is 10.1. The standard InChI is InChI=1S/C26H27N3O3/c1-17(2)16-28(26(31)23-13-8-14-32-23)19(4)24-27-22-12-6-5-11-21(22)25(30)29(24)20-10-7-9-18(3)15-20/h5-15,17,19H,16H2,1-4H3. The highest BCUT2D eigenvalue weighted by Crippen LogP contribution is 2.26. The minimum Gasteiger partial charge on any atom is -0.459 e. The van der Waals surface area contributed by atoms with E-state index in [1.807, 2.05) is 56.3 Å². The molecule has 0 saturated carbocycles. The van der Waals surface area contributed by atoms with Crippen LogP contribution in [0.1, 0.15) is 48.8 Å². The summed E-state index contributed by atoms with van der Waals surface area (Å²) in [5.74, 6) is 0.771. The van der Waals surface area contributed by atoms with E-state index in [2.05, 4.69) is 13.8 Å². The van der Waals surface area contributed by atoms with Gasteiger partial charge in [0.05, 0.1) is 28.9 Å². The number of carbonyl (C=O) groups is 1. The zero-order valence-corrected chi connectivity index (χ0v) is 18.8. The molecule has 0 aliphatic carbocycles. The number of benzene rings is 2. The van der Waals surface area contributed by atoms with E-state index in [-0.39, 0.29) is 23.1 Å². The van der Waals surface area contributed by atoms with E-state index in [1.54, 1.807) is 27.7 Å². The molecule has 0 radical (unpaired) electrons. The summed E-state index contributed by atoms with van der Waals surface area (Å²) in [4.78, 5) is 33.5. The summed E-state index contributed by atoms with van der Waals surface area (Å²) in [5.41, 5.74) is 2.22. The van der Waals surface area contributed by atoms with E-state index >= 15 is 0 Å². The number of hydrogen-bond donors (Lipinski definition) is 0. The normalized spacial score (nSPS) is 12.3. The highest BCUT2D eigenvalue weighted by molar-refractivity contribution is 5.91. The molecule has 4 aromatic rings. The lowest BCUT2D eigenvalue weighted by Crippen LogP contribution is -2.39. The van der Waals surface area contributed by atoms with Crippen LogP contribution in [0.3, 0.4) is 0 Å². The summed E-state index contributed by atoms with van der Waals surface area (Å²) in [6, 6.07) is 17.9. The summed E-state index contributed by atoms with van der Waals surface area (Å²) in [7, 11) is 0. The molecule has 1 atom stereocenters. The fraction of sp³-hybridized carbons (Fsp3) is 0.269. The maximum Gasteiger partial charge on any atom is 0.290 e. The van der Waals surface area contributed by atoms with Crippen LogP contribution in [0.15, 0.2) is 76.1 Å². The number of rotatable bonds is 6. The van der Waals surface area contributed by atoms with Gasteiger partial charge in [-0.2, -0.15) is 0 Å². The summed E-state index contributed by atoms with van der Waals surface area (Å²) >= 11 is 0. The number of para-hydroxylation sites is 1. The molecule has 0 aliphatic rings. The van der Waals surface area contributed by atoms with Gasteiger partial charge in [-0.1, -0.05) is 38.1 Å². The fourth-order valence-electron chi connectivity index (χ4n) is 3.94. The van der Waals surface area contributed by atoms with E-state index in [1.165, 1.54) is 6.26 Å². The first-order valence-corrected chi connectivity index (χ1v) is 10.8. The highest BCUT2D eigenvalue weighted by Gasteiger charge is 2.29. The van der Waals surface area contributed by atoms with Crippen LogP contribution in [0, 0.1) is 12.8 Å². The maximum absolute atomic E-state index is 13.6. The van der Waals surface area contributed by atoms with Crippen LogP contribution in [-0.2, 0) is 0 Å². The lowest BCUT2D eigenvalue weighted by molar-refractivity contribution is 0.0622. The van der Waals surface area contributed by atoms with Gasteiger partial charge in [0.1, 0.15) is 5.82 Å². The van der Waals surface area contributed by atoms with E-state index < -0.39 is 6.04 Å². The van der Waals surface area contributed by atoms with Crippen LogP contribution >= 0.6 is 0 Å². The van der Waals surface area contributed by atoms with Crippen molar-refractivity contribution >= 4 is 16.8 Å². The van der Waals surface area contributed by atoms with E-state index in [4.69, 9.17) is 9.40 Å². The van der Waals surface area contributed by atoms with Crippen LogP contribution in [-0.4, -0.2) is 26.9 Å². The van der Waals surface area contributed by atoms with Gasteiger partial charge in [-0.05, 0) is 61.7 Å². The number of aromatic nitrogens is 2. The SMILES string of the molecule is Cc1cccc(-n2c(C(C)N(CC(C)C)C(=O)c3ccco3)nc3ccccc3c2=O)c1. The molecule has 0 saturated heterocycles. The van der Waals surface area contributed by atoms with Crippen molar-refractivity contribution in [2.45, 2.75) is 33.7 Å². The highest BCUT2D eigenvalue weighted by atomic mass is 16.3. The van der Waals surface area contributed by atoms with Crippen molar-refractivity contribution in [1.82, 2.24) is 14.5 Å². The van der Waals surface area contributed by atoms with E-state index in [9.17, 15) is 9.59 Å². The minimum absolute atomic E-state index is 0.155.